The topological polar surface area (TPSA) is 45.7 Å². The highest BCUT2D eigenvalue weighted by molar-refractivity contribution is 6.07. The maximum Gasteiger partial charge on any atom is 0.254 e. The van der Waals surface area contributed by atoms with Gasteiger partial charge in [0.1, 0.15) is 0 Å². The van der Waals surface area contributed by atoms with Crippen LogP contribution in [0.4, 0.5) is 0 Å². The quantitative estimate of drug-likeness (QED) is 0.836. The predicted molar refractivity (Wildman–Crippen MR) is 107 cm³/mol. The van der Waals surface area contributed by atoms with Crippen LogP contribution in [-0.2, 0) is 4.74 Å². The van der Waals surface area contributed by atoms with Crippen molar-refractivity contribution < 1.29 is 9.53 Å². The second-order valence-corrected chi connectivity index (χ2v) is 7.94. The van der Waals surface area contributed by atoms with E-state index in [0.29, 0.717) is 6.10 Å². The fraction of sp³-hybridized carbons (Fsp3) is 0.545. The van der Waals surface area contributed by atoms with Crippen LogP contribution < -0.4 is 0 Å². The van der Waals surface area contributed by atoms with Crippen molar-refractivity contribution in [1.29, 1.82) is 0 Å². The fourth-order valence-corrected chi connectivity index (χ4v) is 4.21. The monoisotopic (exact) mass is 367 g/mol. The number of benzene rings is 1. The third-order valence-electron chi connectivity index (χ3n) is 6.01. The van der Waals surface area contributed by atoms with E-state index in [4.69, 9.17) is 9.72 Å². The smallest absolute Gasteiger partial charge is 0.254 e. The molecule has 2 saturated heterocycles. The Morgan fingerprint density at radius 2 is 1.96 bits per heavy atom. The molecule has 2 aromatic rings. The molecule has 1 aromatic heterocycles. The Balaban J connectivity index is 1.51. The van der Waals surface area contributed by atoms with Gasteiger partial charge in [-0.1, -0.05) is 12.1 Å². The van der Waals surface area contributed by atoms with Gasteiger partial charge < -0.3 is 9.64 Å². The number of piperazine rings is 1. The first-order valence-corrected chi connectivity index (χ1v) is 10.0. The summed E-state index contributed by atoms with van der Waals surface area (Å²) in [5.74, 6) is 0.130. The maximum atomic E-state index is 13.3. The van der Waals surface area contributed by atoms with Crippen LogP contribution in [0.15, 0.2) is 18.2 Å². The molecule has 144 valence electrons. The van der Waals surface area contributed by atoms with Gasteiger partial charge in [-0.05, 0) is 50.8 Å². The molecule has 4 rings (SSSR count). The normalized spacial score (nSPS) is 21.1. The standard InChI is InChI=1S/C22H29N3O2/c1-15-6-7-19-20(13-16(2)23-21(19)17(15)3)22(26)25-10-8-24(9-11-25)14-18-5-4-12-27-18/h6-7,13,18H,4-5,8-12,14H2,1-3H3/t18-/m0/s1. The Bertz CT molecular complexity index is 850. The maximum absolute atomic E-state index is 13.3. The van der Waals surface area contributed by atoms with E-state index < -0.39 is 0 Å². The minimum absolute atomic E-state index is 0.130. The van der Waals surface area contributed by atoms with E-state index in [0.717, 1.165) is 67.1 Å². The van der Waals surface area contributed by atoms with Crippen molar-refractivity contribution in [3.63, 3.8) is 0 Å². The van der Waals surface area contributed by atoms with Crippen LogP contribution in [0, 0.1) is 20.8 Å². The van der Waals surface area contributed by atoms with E-state index in [1.165, 1.54) is 18.4 Å². The first-order chi connectivity index (χ1) is 13.0. The van der Waals surface area contributed by atoms with E-state index in [9.17, 15) is 4.79 Å². The van der Waals surface area contributed by atoms with Crippen LogP contribution in [0.2, 0.25) is 0 Å². The molecule has 3 heterocycles. The number of rotatable bonds is 3. The first kappa shape index (κ1) is 18.4. The van der Waals surface area contributed by atoms with Crippen LogP contribution in [0.5, 0.6) is 0 Å². The summed E-state index contributed by atoms with van der Waals surface area (Å²) in [4.78, 5) is 22.4. The number of carbonyl (C=O) groups excluding carboxylic acids is 1. The van der Waals surface area contributed by atoms with Crippen LogP contribution in [0.1, 0.15) is 40.0 Å². The summed E-state index contributed by atoms with van der Waals surface area (Å²) >= 11 is 0. The molecule has 2 aliphatic rings. The number of hydrogen-bond acceptors (Lipinski definition) is 4. The molecule has 0 N–H and O–H groups in total. The molecule has 5 heteroatoms. The minimum Gasteiger partial charge on any atom is -0.377 e. The van der Waals surface area contributed by atoms with Crippen LogP contribution in [0.25, 0.3) is 10.9 Å². The van der Waals surface area contributed by atoms with E-state index in [1.807, 2.05) is 24.0 Å². The molecular formula is C22H29N3O2. The van der Waals surface area contributed by atoms with Crippen molar-refractivity contribution in [1.82, 2.24) is 14.8 Å². The van der Waals surface area contributed by atoms with Crippen LogP contribution in [-0.4, -0.2) is 66.1 Å². The zero-order valence-electron chi connectivity index (χ0n) is 16.6. The molecule has 1 aromatic carbocycles. The summed E-state index contributed by atoms with van der Waals surface area (Å²) in [5, 5.41) is 0.968. The second kappa shape index (κ2) is 7.56. The average Bonchev–Trinajstić information content (AvgIpc) is 3.17. The fourth-order valence-electron chi connectivity index (χ4n) is 4.21. The number of nitrogens with zero attached hydrogens (tertiary/aromatic N) is 3. The molecule has 2 aliphatic heterocycles. The Morgan fingerprint density at radius 1 is 1.19 bits per heavy atom. The Kier molecular flexibility index (Phi) is 5.15. The molecule has 0 unspecified atom stereocenters. The lowest BCUT2D eigenvalue weighted by Gasteiger charge is -2.36. The van der Waals surface area contributed by atoms with E-state index >= 15 is 0 Å². The second-order valence-electron chi connectivity index (χ2n) is 7.94. The van der Waals surface area contributed by atoms with Crippen molar-refractivity contribution in [3.05, 3.63) is 40.6 Å². The third-order valence-corrected chi connectivity index (χ3v) is 6.01. The number of carbonyl (C=O) groups is 1. The first-order valence-electron chi connectivity index (χ1n) is 10.0. The van der Waals surface area contributed by atoms with Crippen LogP contribution in [0.3, 0.4) is 0 Å². The number of fused-ring (bicyclic) bond motifs is 1. The van der Waals surface area contributed by atoms with Gasteiger partial charge in [-0.3, -0.25) is 14.7 Å². The van der Waals surface area contributed by atoms with E-state index in [1.54, 1.807) is 0 Å². The largest absolute Gasteiger partial charge is 0.377 e. The Labute approximate surface area is 161 Å². The van der Waals surface area contributed by atoms with Crippen molar-refractivity contribution in [3.8, 4) is 0 Å². The van der Waals surface area contributed by atoms with Gasteiger partial charge in [0.15, 0.2) is 0 Å². The molecule has 5 nitrogen and oxygen atoms in total. The minimum atomic E-state index is 0.130. The molecule has 1 atom stereocenters. The highest BCUT2D eigenvalue weighted by Crippen LogP contribution is 2.25. The number of ether oxygens (including phenoxy) is 1. The molecule has 0 saturated carbocycles. The summed E-state index contributed by atoms with van der Waals surface area (Å²) in [6, 6.07) is 6.08. The van der Waals surface area contributed by atoms with Gasteiger partial charge in [-0.15, -0.1) is 0 Å². The Hall–Kier alpha value is -1.98. The number of aromatic nitrogens is 1. The Morgan fingerprint density at radius 3 is 2.67 bits per heavy atom. The summed E-state index contributed by atoms with van der Waals surface area (Å²) in [6.45, 7) is 11.4. The zero-order valence-corrected chi connectivity index (χ0v) is 16.6. The number of hydrogen-bond donors (Lipinski definition) is 0. The zero-order chi connectivity index (χ0) is 19.0. The van der Waals surface area contributed by atoms with E-state index in [-0.39, 0.29) is 5.91 Å². The van der Waals surface area contributed by atoms with Crippen molar-refractivity contribution in [2.45, 2.75) is 39.7 Å². The number of aryl methyl sites for hydroxylation is 3. The molecule has 0 aliphatic carbocycles. The van der Waals surface area contributed by atoms with Crippen molar-refractivity contribution >= 4 is 16.8 Å². The molecule has 0 bridgehead atoms. The molecule has 1 amide bonds. The lowest BCUT2D eigenvalue weighted by molar-refractivity contribution is 0.0433. The number of amides is 1. The van der Waals surface area contributed by atoms with Crippen LogP contribution >= 0.6 is 0 Å². The van der Waals surface area contributed by atoms with Gasteiger partial charge in [0.25, 0.3) is 5.91 Å². The lowest BCUT2D eigenvalue weighted by atomic mass is 10.00. The number of pyridine rings is 1. The third kappa shape index (κ3) is 3.71. The predicted octanol–water partition coefficient (Wildman–Crippen LogP) is 3.10. The summed E-state index contributed by atoms with van der Waals surface area (Å²) < 4.78 is 5.75. The lowest BCUT2D eigenvalue weighted by Crippen LogP contribution is -2.50. The van der Waals surface area contributed by atoms with Gasteiger partial charge in [0.05, 0.1) is 17.2 Å². The van der Waals surface area contributed by atoms with Crippen molar-refractivity contribution in [2.75, 3.05) is 39.3 Å². The van der Waals surface area contributed by atoms with E-state index in [2.05, 4.69) is 24.8 Å². The van der Waals surface area contributed by atoms with Crippen molar-refractivity contribution in [2.24, 2.45) is 0 Å². The van der Waals surface area contributed by atoms with Gasteiger partial charge in [0, 0.05) is 50.4 Å². The average molecular weight is 367 g/mol. The summed E-state index contributed by atoms with van der Waals surface area (Å²) in [7, 11) is 0. The summed E-state index contributed by atoms with van der Waals surface area (Å²) in [6.07, 6.45) is 2.72. The van der Waals surface area contributed by atoms with Gasteiger partial charge >= 0.3 is 0 Å². The molecule has 0 spiro atoms. The van der Waals surface area contributed by atoms with Gasteiger partial charge in [-0.2, -0.15) is 0 Å². The molecule has 0 radical (unpaired) electrons. The summed E-state index contributed by atoms with van der Waals surface area (Å²) in [5.41, 5.74) is 5.01. The molecule has 27 heavy (non-hydrogen) atoms. The molecular weight excluding hydrogens is 338 g/mol. The highest BCUT2D eigenvalue weighted by Gasteiger charge is 2.26. The SMILES string of the molecule is Cc1cc(C(=O)N2CCN(C[C@@H]3CCCO3)CC2)c2ccc(C)c(C)c2n1. The van der Waals surface area contributed by atoms with Gasteiger partial charge in [-0.25, -0.2) is 0 Å². The highest BCUT2D eigenvalue weighted by atomic mass is 16.5. The molecule has 2 fully saturated rings. The van der Waals surface area contributed by atoms with Gasteiger partial charge in [0.2, 0.25) is 0 Å².